The molecule has 32 heavy (non-hydrogen) atoms. The van der Waals surface area contributed by atoms with Gasteiger partial charge in [-0.25, -0.2) is 4.98 Å². The van der Waals surface area contributed by atoms with Gasteiger partial charge in [0.25, 0.3) is 11.8 Å². The molecule has 3 N–H and O–H groups in total. The predicted molar refractivity (Wildman–Crippen MR) is 126 cm³/mol. The SMILES string of the molecule is CCC(CO)NC(=O)c1ccc(C(=O)N2CCN(c3ncccc3NC(C)C)CC2)cc1. The third-order valence-electron chi connectivity index (χ3n) is 5.54. The summed E-state index contributed by atoms with van der Waals surface area (Å²) in [5.41, 5.74) is 2.03. The van der Waals surface area contributed by atoms with E-state index in [9.17, 15) is 14.7 Å². The quantitative estimate of drug-likeness (QED) is 0.584. The summed E-state index contributed by atoms with van der Waals surface area (Å²) in [6, 6.07) is 10.7. The van der Waals surface area contributed by atoms with E-state index in [2.05, 4.69) is 34.4 Å². The minimum atomic E-state index is -0.268. The van der Waals surface area contributed by atoms with E-state index >= 15 is 0 Å². The molecule has 1 atom stereocenters. The summed E-state index contributed by atoms with van der Waals surface area (Å²) < 4.78 is 0. The summed E-state index contributed by atoms with van der Waals surface area (Å²) in [7, 11) is 0. The van der Waals surface area contributed by atoms with Gasteiger partial charge in [0, 0.05) is 49.5 Å². The third kappa shape index (κ3) is 5.76. The number of hydrogen-bond acceptors (Lipinski definition) is 6. The molecule has 3 rings (SSSR count). The van der Waals surface area contributed by atoms with Crippen LogP contribution in [0.3, 0.4) is 0 Å². The Labute approximate surface area is 189 Å². The number of pyridine rings is 1. The maximum absolute atomic E-state index is 13.0. The average Bonchev–Trinajstić information content (AvgIpc) is 2.82. The molecule has 2 aromatic rings. The molecule has 172 valence electrons. The molecule has 1 aliphatic rings. The largest absolute Gasteiger partial charge is 0.394 e. The number of carbonyl (C=O) groups is 2. The van der Waals surface area contributed by atoms with E-state index in [1.165, 1.54) is 0 Å². The third-order valence-corrected chi connectivity index (χ3v) is 5.54. The van der Waals surface area contributed by atoms with Crippen LogP contribution in [0, 0.1) is 0 Å². The number of aliphatic hydroxyl groups is 1. The standard InChI is InChI=1S/C24H33N5O3/c1-4-20(16-30)27-23(31)18-7-9-19(10-8-18)24(32)29-14-12-28(13-15-29)22-21(26-17(2)3)6-5-11-25-22/h5-11,17,20,26,30H,4,12-16H2,1-3H3,(H,27,31). The molecule has 1 aromatic heterocycles. The number of aromatic nitrogens is 1. The fourth-order valence-corrected chi connectivity index (χ4v) is 3.69. The van der Waals surface area contributed by atoms with E-state index in [0.717, 1.165) is 11.5 Å². The van der Waals surface area contributed by atoms with Crippen LogP contribution in [-0.2, 0) is 0 Å². The summed E-state index contributed by atoms with van der Waals surface area (Å²) in [5.74, 6) is 0.622. The lowest BCUT2D eigenvalue weighted by molar-refractivity contribution is 0.0746. The Bertz CT molecular complexity index is 904. The monoisotopic (exact) mass is 439 g/mol. The van der Waals surface area contributed by atoms with Gasteiger partial charge in [0.05, 0.1) is 18.3 Å². The Morgan fingerprint density at radius 1 is 1.06 bits per heavy atom. The van der Waals surface area contributed by atoms with Crippen molar-refractivity contribution >= 4 is 23.3 Å². The Kier molecular flexibility index (Phi) is 8.05. The molecule has 1 fully saturated rings. The fourth-order valence-electron chi connectivity index (χ4n) is 3.69. The number of amides is 2. The highest BCUT2D eigenvalue weighted by atomic mass is 16.3. The number of benzene rings is 1. The normalized spacial score (nSPS) is 14.9. The Morgan fingerprint density at radius 2 is 1.72 bits per heavy atom. The zero-order valence-corrected chi connectivity index (χ0v) is 19.0. The van der Waals surface area contributed by atoms with Gasteiger partial charge in [-0.1, -0.05) is 6.92 Å². The zero-order valence-electron chi connectivity index (χ0n) is 19.0. The van der Waals surface area contributed by atoms with Gasteiger partial charge >= 0.3 is 0 Å². The van der Waals surface area contributed by atoms with Crippen molar-refractivity contribution in [2.75, 3.05) is 43.0 Å². The second kappa shape index (κ2) is 10.9. The second-order valence-corrected chi connectivity index (χ2v) is 8.29. The molecule has 0 spiro atoms. The van der Waals surface area contributed by atoms with Crippen LogP contribution in [0.25, 0.3) is 0 Å². The van der Waals surface area contributed by atoms with Gasteiger partial charge in [-0.3, -0.25) is 9.59 Å². The molecule has 1 unspecified atom stereocenters. The molecule has 8 heteroatoms. The van der Waals surface area contributed by atoms with Crippen LogP contribution in [0.15, 0.2) is 42.6 Å². The first-order valence-corrected chi connectivity index (χ1v) is 11.2. The van der Waals surface area contributed by atoms with Crippen molar-refractivity contribution in [1.82, 2.24) is 15.2 Å². The lowest BCUT2D eigenvalue weighted by Crippen LogP contribution is -2.49. The molecule has 8 nitrogen and oxygen atoms in total. The van der Waals surface area contributed by atoms with Gasteiger partial charge in [-0.15, -0.1) is 0 Å². The van der Waals surface area contributed by atoms with Crippen LogP contribution < -0.4 is 15.5 Å². The molecule has 1 aromatic carbocycles. The average molecular weight is 440 g/mol. The summed E-state index contributed by atoms with van der Waals surface area (Å²) in [6.07, 6.45) is 2.44. The maximum atomic E-state index is 13.0. The number of rotatable bonds is 8. The predicted octanol–water partition coefficient (Wildman–Crippen LogP) is 2.37. The van der Waals surface area contributed by atoms with Crippen LogP contribution in [0.1, 0.15) is 47.9 Å². The molecule has 0 radical (unpaired) electrons. The smallest absolute Gasteiger partial charge is 0.253 e. The highest BCUT2D eigenvalue weighted by Crippen LogP contribution is 2.25. The first-order valence-electron chi connectivity index (χ1n) is 11.2. The van der Waals surface area contributed by atoms with Gasteiger partial charge < -0.3 is 25.5 Å². The molecule has 1 aliphatic heterocycles. The second-order valence-electron chi connectivity index (χ2n) is 8.29. The topological polar surface area (TPSA) is 97.8 Å². The number of hydrogen-bond donors (Lipinski definition) is 3. The number of aliphatic hydroxyl groups excluding tert-OH is 1. The highest BCUT2D eigenvalue weighted by molar-refractivity contribution is 5.98. The van der Waals surface area contributed by atoms with Crippen LogP contribution in [0.5, 0.6) is 0 Å². The number of nitrogens with one attached hydrogen (secondary N) is 2. The number of piperazine rings is 1. The summed E-state index contributed by atoms with van der Waals surface area (Å²) in [4.78, 5) is 33.8. The van der Waals surface area contributed by atoms with Crippen molar-refractivity contribution in [1.29, 1.82) is 0 Å². The molecule has 2 heterocycles. The van der Waals surface area contributed by atoms with Gasteiger partial charge in [0.1, 0.15) is 0 Å². The molecule has 0 saturated carbocycles. The summed E-state index contributed by atoms with van der Waals surface area (Å²) in [6.45, 7) is 8.61. The highest BCUT2D eigenvalue weighted by Gasteiger charge is 2.24. The Balaban J connectivity index is 1.59. The van der Waals surface area contributed by atoms with Crippen molar-refractivity contribution in [3.63, 3.8) is 0 Å². The van der Waals surface area contributed by atoms with Crippen LogP contribution in [-0.4, -0.2) is 71.7 Å². The summed E-state index contributed by atoms with van der Waals surface area (Å²) >= 11 is 0. The van der Waals surface area contributed by atoms with E-state index in [1.54, 1.807) is 30.5 Å². The number of anilines is 2. The van der Waals surface area contributed by atoms with Crippen molar-refractivity contribution in [3.05, 3.63) is 53.7 Å². The Morgan fingerprint density at radius 3 is 2.31 bits per heavy atom. The molecule has 1 saturated heterocycles. The number of nitrogens with zero attached hydrogens (tertiary/aromatic N) is 3. The lowest BCUT2D eigenvalue weighted by Gasteiger charge is -2.36. The molecule has 0 bridgehead atoms. The van der Waals surface area contributed by atoms with E-state index in [-0.39, 0.29) is 24.5 Å². The molecule has 0 aliphatic carbocycles. The van der Waals surface area contributed by atoms with E-state index in [1.807, 2.05) is 24.0 Å². The first-order chi connectivity index (χ1) is 15.4. The van der Waals surface area contributed by atoms with E-state index in [4.69, 9.17) is 0 Å². The van der Waals surface area contributed by atoms with E-state index in [0.29, 0.717) is 49.8 Å². The lowest BCUT2D eigenvalue weighted by atomic mass is 10.1. The number of carbonyl (C=O) groups excluding carboxylic acids is 2. The maximum Gasteiger partial charge on any atom is 0.253 e. The molecular formula is C24H33N5O3. The van der Waals surface area contributed by atoms with Crippen molar-refractivity contribution < 1.29 is 14.7 Å². The van der Waals surface area contributed by atoms with Crippen LogP contribution in [0.4, 0.5) is 11.5 Å². The summed E-state index contributed by atoms with van der Waals surface area (Å²) in [5, 5.41) is 15.5. The van der Waals surface area contributed by atoms with Gasteiger partial charge in [0.2, 0.25) is 0 Å². The van der Waals surface area contributed by atoms with Gasteiger partial charge in [-0.05, 0) is 56.7 Å². The van der Waals surface area contributed by atoms with Crippen LogP contribution in [0.2, 0.25) is 0 Å². The minimum Gasteiger partial charge on any atom is -0.394 e. The molecular weight excluding hydrogens is 406 g/mol. The zero-order chi connectivity index (χ0) is 23.1. The van der Waals surface area contributed by atoms with Crippen LogP contribution >= 0.6 is 0 Å². The minimum absolute atomic E-state index is 0.0417. The van der Waals surface area contributed by atoms with Gasteiger partial charge in [0.15, 0.2) is 5.82 Å². The van der Waals surface area contributed by atoms with Crippen molar-refractivity contribution in [2.24, 2.45) is 0 Å². The van der Waals surface area contributed by atoms with E-state index < -0.39 is 0 Å². The molecule has 2 amide bonds. The fraction of sp³-hybridized carbons (Fsp3) is 0.458. The van der Waals surface area contributed by atoms with Crippen molar-refractivity contribution in [3.8, 4) is 0 Å². The van der Waals surface area contributed by atoms with Gasteiger partial charge in [-0.2, -0.15) is 0 Å². The Hall–Kier alpha value is -3.13. The first kappa shape index (κ1) is 23.5. The van der Waals surface area contributed by atoms with Crippen molar-refractivity contribution in [2.45, 2.75) is 39.3 Å².